The third-order valence-corrected chi connectivity index (χ3v) is 5.67. The van der Waals surface area contributed by atoms with Crippen LogP contribution in [0.4, 0.5) is 5.69 Å². The molecule has 2 fully saturated rings. The van der Waals surface area contributed by atoms with E-state index in [1.807, 2.05) is 12.1 Å². The van der Waals surface area contributed by atoms with Crippen LogP contribution in [0.3, 0.4) is 0 Å². The van der Waals surface area contributed by atoms with Gasteiger partial charge in [0.25, 0.3) is 5.91 Å². The van der Waals surface area contributed by atoms with Crippen molar-refractivity contribution in [3.05, 3.63) is 35.9 Å². The Kier molecular flexibility index (Phi) is 7.29. The number of hydrogen-bond acceptors (Lipinski definition) is 5. The number of rotatable bonds is 6. The summed E-state index contributed by atoms with van der Waals surface area (Å²) in [5.74, 6) is -1.01. The standard InChI is InChI=1S/C23H29N3O3/c24-18-23(13-3-4-14-23)25-21(27)17-29-22(28)12-9-19-7-10-20(11-8-19)26-15-5-1-2-6-16-26/h7-12H,1-6,13-17H2,(H,25,27). The summed E-state index contributed by atoms with van der Waals surface area (Å²) in [5, 5.41) is 12.0. The molecule has 1 heterocycles. The molecule has 3 rings (SSSR count). The van der Waals surface area contributed by atoms with Gasteiger partial charge in [-0.15, -0.1) is 0 Å². The molecule has 2 aliphatic rings. The smallest absolute Gasteiger partial charge is 0.331 e. The van der Waals surface area contributed by atoms with Crippen LogP contribution in [-0.2, 0) is 14.3 Å². The first-order chi connectivity index (χ1) is 14.1. The minimum absolute atomic E-state index is 0.375. The quantitative estimate of drug-likeness (QED) is 0.588. The average molecular weight is 396 g/mol. The van der Waals surface area contributed by atoms with E-state index in [0.29, 0.717) is 12.8 Å². The summed E-state index contributed by atoms with van der Waals surface area (Å²) in [6.07, 6.45) is 11.2. The van der Waals surface area contributed by atoms with Crippen LogP contribution in [0.2, 0.25) is 0 Å². The molecule has 1 aliphatic heterocycles. The molecule has 1 saturated heterocycles. The van der Waals surface area contributed by atoms with Gasteiger partial charge in [0.1, 0.15) is 5.54 Å². The summed E-state index contributed by atoms with van der Waals surface area (Å²) in [6.45, 7) is 1.81. The highest BCUT2D eigenvalue weighted by atomic mass is 16.5. The molecule has 1 aromatic rings. The minimum Gasteiger partial charge on any atom is -0.452 e. The highest BCUT2D eigenvalue weighted by molar-refractivity contribution is 5.89. The van der Waals surface area contributed by atoms with E-state index in [-0.39, 0.29) is 6.61 Å². The van der Waals surface area contributed by atoms with Crippen molar-refractivity contribution in [2.24, 2.45) is 0 Å². The zero-order valence-corrected chi connectivity index (χ0v) is 16.9. The average Bonchev–Trinajstić information content (AvgIpc) is 3.04. The second-order valence-corrected chi connectivity index (χ2v) is 7.88. The van der Waals surface area contributed by atoms with Gasteiger partial charge in [-0.25, -0.2) is 4.79 Å². The fraction of sp³-hybridized carbons (Fsp3) is 0.522. The topological polar surface area (TPSA) is 82.4 Å². The fourth-order valence-electron chi connectivity index (χ4n) is 4.02. The van der Waals surface area contributed by atoms with Crippen LogP contribution in [0.1, 0.15) is 56.9 Å². The molecule has 0 atom stereocenters. The minimum atomic E-state index is -0.797. The number of carbonyl (C=O) groups excluding carboxylic acids is 2. The third-order valence-electron chi connectivity index (χ3n) is 5.67. The molecule has 29 heavy (non-hydrogen) atoms. The molecule has 1 saturated carbocycles. The zero-order valence-electron chi connectivity index (χ0n) is 16.9. The molecule has 1 aromatic carbocycles. The van der Waals surface area contributed by atoms with Gasteiger partial charge >= 0.3 is 5.97 Å². The lowest BCUT2D eigenvalue weighted by molar-refractivity contribution is -0.144. The maximum absolute atomic E-state index is 12.0. The lowest BCUT2D eigenvalue weighted by Crippen LogP contribution is -2.46. The van der Waals surface area contributed by atoms with Crippen molar-refractivity contribution < 1.29 is 14.3 Å². The van der Waals surface area contributed by atoms with E-state index in [2.05, 4.69) is 28.4 Å². The largest absolute Gasteiger partial charge is 0.452 e. The Morgan fingerprint density at radius 1 is 1.07 bits per heavy atom. The Morgan fingerprint density at radius 3 is 2.34 bits per heavy atom. The first-order valence-electron chi connectivity index (χ1n) is 10.5. The Bertz CT molecular complexity index is 766. The molecule has 0 unspecified atom stereocenters. The van der Waals surface area contributed by atoms with Crippen LogP contribution < -0.4 is 10.2 Å². The monoisotopic (exact) mass is 395 g/mol. The van der Waals surface area contributed by atoms with E-state index in [1.165, 1.54) is 37.4 Å². The van der Waals surface area contributed by atoms with Gasteiger partial charge in [0.15, 0.2) is 6.61 Å². The summed E-state index contributed by atoms with van der Waals surface area (Å²) in [6, 6.07) is 10.3. The Balaban J connectivity index is 1.45. The third kappa shape index (κ3) is 6.08. The van der Waals surface area contributed by atoms with E-state index in [9.17, 15) is 14.9 Å². The molecule has 154 valence electrons. The number of nitriles is 1. The Morgan fingerprint density at radius 2 is 1.72 bits per heavy atom. The van der Waals surface area contributed by atoms with Gasteiger partial charge < -0.3 is 15.0 Å². The number of hydrogen-bond donors (Lipinski definition) is 1. The lowest BCUT2D eigenvalue weighted by atomic mass is 10.00. The maximum Gasteiger partial charge on any atom is 0.331 e. The number of benzene rings is 1. The second kappa shape index (κ2) is 10.1. The molecular formula is C23H29N3O3. The van der Waals surface area contributed by atoms with Gasteiger partial charge in [0.2, 0.25) is 0 Å². The van der Waals surface area contributed by atoms with E-state index >= 15 is 0 Å². The first kappa shape index (κ1) is 20.9. The zero-order chi connectivity index (χ0) is 20.5. The van der Waals surface area contributed by atoms with E-state index in [0.717, 1.165) is 31.5 Å². The van der Waals surface area contributed by atoms with Gasteiger partial charge in [0.05, 0.1) is 6.07 Å². The molecule has 0 aromatic heterocycles. The fourth-order valence-corrected chi connectivity index (χ4v) is 4.02. The van der Waals surface area contributed by atoms with Crippen LogP contribution in [-0.4, -0.2) is 37.1 Å². The predicted molar refractivity (Wildman–Crippen MR) is 112 cm³/mol. The molecule has 6 heteroatoms. The van der Waals surface area contributed by atoms with Crippen molar-refractivity contribution in [2.75, 3.05) is 24.6 Å². The van der Waals surface area contributed by atoms with Gasteiger partial charge in [-0.05, 0) is 62.3 Å². The molecular weight excluding hydrogens is 366 g/mol. The molecule has 0 radical (unpaired) electrons. The maximum atomic E-state index is 12.0. The van der Waals surface area contributed by atoms with Crippen molar-refractivity contribution >= 4 is 23.6 Å². The summed E-state index contributed by atoms with van der Waals surface area (Å²) in [4.78, 5) is 26.3. The van der Waals surface area contributed by atoms with Gasteiger partial charge in [-0.3, -0.25) is 4.79 Å². The predicted octanol–water partition coefficient (Wildman–Crippen LogP) is 3.58. The number of carbonyl (C=O) groups is 2. The van der Waals surface area contributed by atoms with Crippen LogP contribution in [0.25, 0.3) is 6.08 Å². The molecule has 0 bridgehead atoms. The number of ether oxygens (including phenoxy) is 1. The number of esters is 1. The first-order valence-corrected chi connectivity index (χ1v) is 10.5. The van der Waals surface area contributed by atoms with E-state index in [4.69, 9.17) is 4.74 Å². The Labute approximate surface area is 172 Å². The summed E-state index contributed by atoms with van der Waals surface area (Å²) in [5.41, 5.74) is 1.31. The van der Waals surface area contributed by atoms with E-state index < -0.39 is 17.4 Å². The van der Waals surface area contributed by atoms with Gasteiger partial charge in [-0.1, -0.05) is 25.0 Å². The lowest BCUT2D eigenvalue weighted by Gasteiger charge is -2.22. The van der Waals surface area contributed by atoms with Crippen molar-refractivity contribution in [1.82, 2.24) is 5.32 Å². The molecule has 0 spiro atoms. The Hall–Kier alpha value is -2.81. The van der Waals surface area contributed by atoms with Crippen molar-refractivity contribution in [3.8, 4) is 6.07 Å². The van der Waals surface area contributed by atoms with Gasteiger partial charge in [-0.2, -0.15) is 5.26 Å². The molecule has 1 aliphatic carbocycles. The second-order valence-electron chi connectivity index (χ2n) is 7.88. The SMILES string of the molecule is N#CC1(NC(=O)COC(=O)C=Cc2ccc(N3CCCCCC3)cc2)CCCC1. The van der Waals surface area contributed by atoms with Crippen LogP contribution >= 0.6 is 0 Å². The van der Waals surface area contributed by atoms with Crippen LogP contribution in [0.15, 0.2) is 30.3 Å². The van der Waals surface area contributed by atoms with E-state index in [1.54, 1.807) is 6.08 Å². The number of nitrogens with zero attached hydrogens (tertiary/aromatic N) is 2. The van der Waals surface area contributed by atoms with Crippen molar-refractivity contribution in [2.45, 2.75) is 56.9 Å². The van der Waals surface area contributed by atoms with Gasteiger partial charge in [0, 0.05) is 24.9 Å². The number of nitrogens with one attached hydrogen (secondary N) is 1. The van der Waals surface area contributed by atoms with Crippen molar-refractivity contribution in [3.63, 3.8) is 0 Å². The number of amides is 1. The summed E-state index contributed by atoms with van der Waals surface area (Å²) >= 11 is 0. The summed E-state index contributed by atoms with van der Waals surface area (Å²) < 4.78 is 5.00. The highest BCUT2D eigenvalue weighted by Gasteiger charge is 2.35. The van der Waals surface area contributed by atoms with Crippen LogP contribution in [0.5, 0.6) is 0 Å². The molecule has 1 amide bonds. The normalized spacial score (nSPS) is 18.8. The molecule has 1 N–H and O–H groups in total. The van der Waals surface area contributed by atoms with Crippen LogP contribution in [0, 0.1) is 11.3 Å². The number of anilines is 1. The highest BCUT2D eigenvalue weighted by Crippen LogP contribution is 2.28. The molecule has 6 nitrogen and oxygen atoms in total. The van der Waals surface area contributed by atoms with Crippen molar-refractivity contribution in [1.29, 1.82) is 5.26 Å². The summed E-state index contributed by atoms with van der Waals surface area (Å²) in [7, 11) is 0.